The van der Waals surface area contributed by atoms with Crippen LogP contribution in [0.1, 0.15) is 31.2 Å². The van der Waals surface area contributed by atoms with Crippen molar-refractivity contribution in [2.45, 2.75) is 25.7 Å². The number of nitrogens with zero attached hydrogens (tertiary/aromatic N) is 1. The highest BCUT2D eigenvalue weighted by Gasteiger charge is 2.16. The van der Waals surface area contributed by atoms with Gasteiger partial charge in [0.15, 0.2) is 0 Å². The van der Waals surface area contributed by atoms with Gasteiger partial charge in [0.2, 0.25) is 0 Å². The van der Waals surface area contributed by atoms with Crippen molar-refractivity contribution in [3.05, 3.63) is 65.4 Å². The number of aromatic nitrogens is 2. The van der Waals surface area contributed by atoms with Gasteiger partial charge in [-0.1, -0.05) is 30.7 Å². The number of carbonyl (C=O) groups is 1. The van der Waals surface area contributed by atoms with Gasteiger partial charge in [0.05, 0.1) is 12.6 Å². The smallest absolute Gasteiger partial charge is 0.303 e. The summed E-state index contributed by atoms with van der Waals surface area (Å²) >= 11 is 5.97. The molecule has 1 aromatic heterocycles. The predicted octanol–water partition coefficient (Wildman–Crippen LogP) is 5.44. The zero-order chi connectivity index (χ0) is 18.5. The Hall–Kier alpha value is -2.79. The van der Waals surface area contributed by atoms with Crippen LogP contribution in [0.2, 0.25) is 5.02 Å². The van der Waals surface area contributed by atoms with E-state index in [9.17, 15) is 9.90 Å². The van der Waals surface area contributed by atoms with Crippen molar-refractivity contribution in [2.24, 2.45) is 0 Å². The SMILES string of the molecule is CC[C@H](CC(=O)O)c1ccc(-c2cn[nH]c2)c(Nc2ccc(Cl)cc2)c1. The second kappa shape index (κ2) is 8.06. The quantitative estimate of drug-likeness (QED) is 0.518. The van der Waals surface area contributed by atoms with Gasteiger partial charge in [-0.2, -0.15) is 5.10 Å². The number of aromatic amines is 1. The third kappa shape index (κ3) is 4.24. The van der Waals surface area contributed by atoms with Gasteiger partial charge >= 0.3 is 5.97 Å². The Labute approximate surface area is 157 Å². The largest absolute Gasteiger partial charge is 0.481 e. The van der Waals surface area contributed by atoms with Gasteiger partial charge in [-0.3, -0.25) is 9.89 Å². The number of benzene rings is 2. The molecule has 0 radical (unpaired) electrons. The molecule has 2 aromatic carbocycles. The lowest BCUT2D eigenvalue weighted by atomic mass is 9.91. The highest BCUT2D eigenvalue weighted by atomic mass is 35.5. The summed E-state index contributed by atoms with van der Waals surface area (Å²) in [6.07, 6.45) is 4.47. The molecule has 26 heavy (non-hydrogen) atoms. The van der Waals surface area contributed by atoms with Crippen LogP contribution in [0.15, 0.2) is 54.9 Å². The lowest BCUT2D eigenvalue weighted by molar-refractivity contribution is -0.137. The lowest BCUT2D eigenvalue weighted by Gasteiger charge is -2.18. The van der Waals surface area contributed by atoms with E-state index in [1.54, 1.807) is 6.20 Å². The van der Waals surface area contributed by atoms with Crippen molar-refractivity contribution in [1.82, 2.24) is 10.2 Å². The molecular formula is C20H20ClN3O2. The van der Waals surface area contributed by atoms with Gasteiger partial charge in [-0.25, -0.2) is 0 Å². The third-order valence-corrected chi connectivity index (χ3v) is 4.61. The number of carboxylic acid groups (broad SMARTS) is 1. The minimum absolute atomic E-state index is 0.0309. The minimum atomic E-state index is -0.789. The van der Waals surface area contributed by atoms with Crippen LogP contribution in [0, 0.1) is 0 Å². The van der Waals surface area contributed by atoms with E-state index in [1.807, 2.05) is 55.6 Å². The van der Waals surface area contributed by atoms with Gasteiger partial charge in [-0.15, -0.1) is 0 Å². The van der Waals surface area contributed by atoms with E-state index in [2.05, 4.69) is 15.5 Å². The number of anilines is 2. The number of rotatable bonds is 7. The molecule has 3 N–H and O–H groups in total. The lowest BCUT2D eigenvalue weighted by Crippen LogP contribution is -2.06. The van der Waals surface area contributed by atoms with Crippen molar-refractivity contribution >= 4 is 28.9 Å². The number of nitrogens with one attached hydrogen (secondary N) is 2. The fourth-order valence-electron chi connectivity index (χ4n) is 2.97. The van der Waals surface area contributed by atoms with Crippen LogP contribution >= 0.6 is 11.6 Å². The third-order valence-electron chi connectivity index (χ3n) is 4.36. The summed E-state index contributed by atoms with van der Waals surface area (Å²) in [4.78, 5) is 11.2. The first-order valence-corrected chi connectivity index (χ1v) is 8.82. The molecule has 0 spiro atoms. The molecule has 0 aliphatic carbocycles. The van der Waals surface area contributed by atoms with Crippen molar-refractivity contribution in [1.29, 1.82) is 0 Å². The summed E-state index contributed by atoms with van der Waals surface area (Å²) < 4.78 is 0. The van der Waals surface area contributed by atoms with E-state index in [4.69, 9.17) is 11.6 Å². The molecule has 0 aliphatic rings. The number of halogens is 1. The van der Waals surface area contributed by atoms with Gasteiger partial charge in [0, 0.05) is 33.7 Å². The maximum absolute atomic E-state index is 11.2. The molecule has 0 unspecified atom stereocenters. The molecule has 1 atom stereocenters. The first kappa shape index (κ1) is 18.0. The molecule has 0 bridgehead atoms. The molecule has 0 aliphatic heterocycles. The molecule has 1 heterocycles. The molecule has 0 fully saturated rings. The van der Waals surface area contributed by atoms with Crippen molar-refractivity contribution in [2.75, 3.05) is 5.32 Å². The number of H-pyrrole nitrogens is 1. The molecular weight excluding hydrogens is 350 g/mol. The van der Waals surface area contributed by atoms with E-state index in [-0.39, 0.29) is 12.3 Å². The topological polar surface area (TPSA) is 78.0 Å². The summed E-state index contributed by atoms with van der Waals surface area (Å²) in [5.41, 5.74) is 4.75. The Morgan fingerprint density at radius 3 is 2.65 bits per heavy atom. The maximum atomic E-state index is 11.2. The van der Waals surface area contributed by atoms with Crippen LogP contribution in [-0.2, 0) is 4.79 Å². The highest BCUT2D eigenvalue weighted by Crippen LogP contribution is 2.34. The van der Waals surface area contributed by atoms with E-state index in [1.165, 1.54) is 0 Å². The van der Waals surface area contributed by atoms with Gasteiger partial charge in [0.25, 0.3) is 0 Å². The van der Waals surface area contributed by atoms with E-state index < -0.39 is 5.97 Å². The Bertz CT molecular complexity index is 877. The first-order chi connectivity index (χ1) is 12.6. The fourth-order valence-corrected chi connectivity index (χ4v) is 3.09. The Balaban J connectivity index is 2.00. The van der Waals surface area contributed by atoms with Gasteiger partial charge in [0.1, 0.15) is 0 Å². The first-order valence-electron chi connectivity index (χ1n) is 8.44. The fraction of sp³-hybridized carbons (Fsp3) is 0.200. The Kier molecular flexibility index (Phi) is 5.58. The standard InChI is InChI=1S/C20H20ClN3O2/c1-2-13(10-20(25)26)14-3-8-18(15-11-22-23-12-15)19(9-14)24-17-6-4-16(21)5-7-17/h3-9,11-13,24H,2,10H2,1H3,(H,22,23)(H,25,26)/t13-/m1/s1. The summed E-state index contributed by atoms with van der Waals surface area (Å²) in [7, 11) is 0. The van der Waals surface area contributed by atoms with E-state index in [0.717, 1.165) is 34.5 Å². The minimum Gasteiger partial charge on any atom is -0.481 e. The van der Waals surface area contributed by atoms with Crippen LogP contribution < -0.4 is 5.32 Å². The van der Waals surface area contributed by atoms with Crippen molar-refractivity contribution < 1.29 is 9.90 Å². The second-order valence-electron chi connectivity index (χ2n) is 6.13. The van der Waals surface area contributed by atoms with Crippen LogP contribution in [0.25, 0.3) is 11.1 Å². The summed E-state index contributed by atoms with van der Waals surface area (Å²) in [6, 6.07) is 13.5. The molecule has 0 saturated heterocycles. The number of hydrogen-bond donors (Lipinski definition) is 3. The average Bonchev–Trinajstić information content (AvgIpc) is 3.16. The second-order valence-corrected chi connectivity index (χ2v) is 6.56. The molecule has 5 nitrogen and oxygen atoms in total. The van der Waals surface area contributed by atoms with Crippen molar-refractivity contribution in [3.8, 4) is 11.1 Å². The monoisotopic (exact) mass is 369 g/mol. The Morgan fingerprint density at radius 1 is 1.27 bits per heavy atom. The summed E-state index contributed by atoms with van der Waals surface area (Å²) in [5, 5.41) is 20.1. The van der Waals surface area contributed by atoms with Gasteiger partial charge < -0.3 is 10.4 Å². The van der Waals surface area contributed by atoms with E-state index in [0.29, 0.717) is 5.02 Å². The highest BCUT2D eigenvalue weighted by molar-refractivity contribution is 6.30. The Morgan fingerprint density at radius 2 is 2.04 bits per heavy atom. The predicted molar refractivity (Wildman–Crippen MR) is 104 cm³/mol. The van der Waals surface area contributed by atoms with Crippen LogP contribution in [0.3, 0.4) is 0 Å². The van der Waals surface area contributed by atoms with Crippen LogP contribution in [-0.4, -0.2) is 21.3 Å². The summed E-state index contributed by atoms with van der Waals surface area (Å²) in [5.74, 6) is -0.820. The van der Waals surface area contributed by atoms with Crippen LogP contribution in [0.4, 0.5) is 11.4 Å². The average molecular weight is 370 g/mol. The molecule has 6 heteroatoms. The summed E-state index contributed by atoms with van der Waals surface area (Å²) in [6.45, 7) is 2.00. The molecule has 3 rings (SSSR count). The number of aliphatic carboxylic acids is 1. The normalized spacial score (nSPS) is 11.9. The van der Waals surface area contributed by atoms with E-state index >= 15 is 0 Å². The molecule has 0 saturated carbocycles. The number of carboxylic acids is 1. The molecule has 0 amide bonds. The molecule has 134 valence electrons. The van der Waals surface area contributed by atoms with Crippen LogP contribution in [0.5, 0.6) is 0 Å². The zero-order valence-electron chi connectivity index (χ0n) is 14.4. The van der Waals surface area contributed by atoms with Crippen molar-refractivity contribution in [3.63, 3.8) is 0 Å². The maximum Gasteiger partial charge on any atom is 0.303 e. The molecule has 3 aromatic rings. The number of hydrogen-bond acceptors (Lipinski definition) is 3. The zero-order valence-corrected chi connectivity index (χ0v) is 15.1. The van der Waals surface area contributed by atoms with Gasteiger partial charge in [-0.05, 0) is 48.2 Å².